The Hall–Kier alpha value is -2.61. The van der Waals surface area contributed by atoms with Crippen LogP contribution in [0.5, 0.6) is 0 Å². The van der Waals surface area contributed by atoms with Crippen LogP contribution in [0.15, 0.2) is 51.5 Å². The van der Waals surface area contributed by atoms with Crippen molar-refractivity contribution in [3.05, 3.63) is 70.0 Å². The van der Waals surface area contributed by atoms with E-state index < -0.39 is 23.1 Å². The van der Waals surface area contributed by atoms with Gasteiger partial charge in [-0.05, 0) is 30.3 Å². The monoisotopic (exact) mass is 393 g/mol. The summed E-state index contributed by atoms with van der Waals surface area (Å²) in [6, 6.07) is 10.5. The highest BCUT2D eigenvalue weighted by molar-refractivity contribution is 9.10. The van der Waals surface area contributed by atoms with Crippen molar-refractivity contribution in [3.63, 3.8) is 0 Å². The van der Waals surface area contributed by atoms with Crippen LogP contribution in [0.1, 0.15) is 16.2 Å². The molecule has 3 aromatic rings. The Bertz CT molecular complexity index is 878. The van der Waals surface area contributed by atoms with Crippen molar-refractivity contribution in [1.29, 1.82) is 0 Å². The maximum absolute atomic E-state index is 13.5. The van der Waals surface area contributed by atoms with E-state index in [4.69, 9.17) is 4.52 Å². The average Bonchev–Trinajstić information content (AvgIpc) is 3.02. The van der Waals surface area contributed by atoms with Crippen LogP contribution in [0.2, 0.25) is 0 Å². The number of hydrogen-bond acceptors (Lipinski definition) is 4. The fourth-order valence-corrected chi connectivity index (χ4v) is 2.43. The lowest BCUT2D eigenvalue weighted by Gasteiger charge is -2.04. The lowest BCUT2D eigenvalue weighted by atomic mass is 10.2. The molecule has 0 aliphatic rings. The third-order valence-corrected chi connectivity index (χ3v) is 3.63. The lowest BCUT2D eigenvalue weighted by Crippen LogP contribution is -2.25. The lowest BCUT2D eigenvalue weighted by molar-refractivity contribution is 0.0941. The number of carbonyl (C=O) groups excluding carboxylic acids is 1. The molecular weight excluding hydrogens is 384 g/mol. The van der Waals surface area contributed by atoms with E-state index in [1.807, 2.05) is 12.1 Å². The van der Waals surface area contributed by atoms with Crippen molar-refractivity contribution < 1.29 is 18.1 Å². The molecular formula is C16H10BrF2N3O2. The largest absolute Gasteiger partial charge is 0.344 e. The summed E-state index contributed by atoms with van der Waals surface area (Å²) in [5, 5.41) is 6.09. The summed E-state index contributed by atoms with van der Waals surface area (Å²) in [5.41, 5.74) is 0.0582. The maximum atomic E-state index is 13.5. The van der Waals surface area contributed by atoms with Gasteiger partial charge >= 0.3 is 0 Å². The van der Waals surface area contributed by atoms with Gasteiger partial charge in [0.2, 0.25) is 0 Å². The van der Waals surface area contributed by atoms with Gasteiger partial charge in [-0.15, -0.1) is 0 Å². The molecule has 0 fully saturated rings. The first-order valence-corrected chi connectivity index (χ1v) is 7.64. The number of nitrogens with zero attached hydrogens (tertiary/aromatic N) is 2. The number of nitrogens with one attached hydrogen (secondary N) is 1. The van der Waals surface area contributed by atoms with Crippen molar-refractivity contribution >= 4 is 21.8 Å². The molecule has 8 heteroatoms. The van der Waals surface area contributed by atoms with Gasteiger partial charge in [0.25, 0.3) is 11.8 Å². The van der Waals surface area contributed by atoms with Crippen molar-refractivity contribution in [3.8, 4) is 11.5 Å². The molecule has 24 heavy (non-hydrogen) atoms. The second-order valence-electron chi connectivity index (χ2n) is 4.81. The zero-order chi connectivity index (χ0) is 17.1. The van der Waals surface area contributed by atoms with E-state index >= 15 is 0 Å². The molecule has 0 bridgehead atoms. The fraction of sp³-hybridized carbons (Fsp3) is 0.0625. The van der Waals surface area contributed by atoms with Gasteiger partial charge in [-0.2, -0.15) is 4.98 Å². The minimum Gasteiger partial charge on any atom is -0.344 e. The molecule has 1 heterocycles. The van der Waals surface area contributed by atoms with Crippen LogP contribution in [0.4, 0.5) is 8.78 Å². The average molecular weight is 394 g/mol. The topological polar surface area (TPSA) is 68.0 Å². The summed E-state index contributed by atoms with van der Waals surface area (Å²) < 4.78 is 33.0. The van der Waals surface area contributed by atoms with E-state index in [1.54, 1.807) is 12.1 Å². The highest BCUT2D eigenvalue weighted by atomic mass is 79.9. The van der Waals surface area contributed by atoms with Crippen LogP contribution in [0.3, 0.4) is 0 Å². The summed E-state index contributed by atoms with van der Waals surface area (Å²) in [7, 11) is 0. The van der Waals surface area contributed by atoms with Gasteiger partial charge in [-0.25, -0.2) is 8.78 Å². The Balaban J connectivity index is 1.71. The second kappa shape index (κ2) is 6.88. The smallest absolute Gasteiger partial charge is 0.258 e. The van der Waals surface area contributed by atoms with E-state index in [-0.39, 0.29) is 18.3 Å². The zero-order valence-electron chi connectivity index (χ0n) is 12.1. The molecule has 5 nitrogen and oxygen atoms in total. The molecule has 0 atom stereocenters. The summed E-state index contributed by atoms with van der Waals surface area (Å²) in [5.74, 6) is -2.29. The Kier molecular flexibility index (Phi) is 4.66. The van der Waals surface area contributed by atoms with E-state index in [9.17, 15) is 13.6 Å². The molecule has 0 aliphatic heterocycles. The number of rotatable bonds is 4. The molecule has 3 rings (SSSR count). The minimum absolute atomic E-state index is 0.121. The quantitative estimate of drug-likeness (QED) is 0.733. The molecule has 122 valence electrons. The van der Waals surface area contributed by atoms with Crippen LogP contribution in [0, 0.1) is 11.6 Å². The van der Waals surface area contributed by atoms with Crippen LogP contribution in [-0.4, -0.2) is 16.0 Å². The molecule has 1 N–H and O–H groups in total. The van der Waals surface area contributed by atoms with E-state index in [1.165, 1.54) is 6.07 Å². The van der Waals surface area contributed by atoms with Crippen LogP contribution >= 0.6 is 15.9 Å². The first-order chi connectivity index (χ1) is 11.5. The SMILES string of the molecule is O=C(NCc1noc(-c2cccc(Br)c2)n1)c1c(F)cccc1F. The van der Waals surface area contributed by atoms with Gasteiger partial charge in [0.1, 0.15) is 17.2 Å². The molecule has 0 spiro atoms. The third-order valence-electron chi connectivity index (χ3n) is 3.14. The van der Waals surface area contributed by atoms with Crippen LogP contribution < -0.4 is 5.32 Å². The second-order valence-corrected chi connectivity index (χ2v) is 5.72. The Morgan fingerprint density at radius 3 is 2.58 bits per heavy atom. The third kappa shape index (κ3) is 3.48. The van der Waals surface area contributed by atoms with E-state index in [2.05, 4.69) is 31.4 Å². The van der Waals surface area contributed by atoms with Gasteiger partial charge in [-0.1, -0.05) is 33.2 Å². The van der Waals surface area contributed by atoms with Crippen molar-refractivity contribution in [2.75, 3.05) is 0 Å². The predicted octanol–water partition coefficient (Wildman–Crippen LogP) is 3.71. The normalized spacial score (nSPS) is 10.6. The number of amides is 1. The fourth-order valence-electron chi connectivity index (χ4n) is 2.03. The van der Waals surface area contributed by atoms with Gasteiger partial charge < -0.3 is 9.84 Å². The van der Waals surface area contributed by atoms with Crippen molar-refractivity contribution in [1.82, 2.24) is 15.5 Å². The highest BCUT2D eigenvalue weighted by Crippen LogP contribution is 2.21. The molecule has 1 aromatic heterocycles. The predicted molar refractivity (Wildman–Crippen MR) is 85.0 cm³/mol. The molecule has 2 aromatic carbocycles. The maximum Gasteiger partial charge on any atom is 0.258 e. The van der Waals surface area contributed by atoms with Crippen LogP contribution in [0.25, 0.3) is 11.5 Å². The number of carbonyl (C=O) groups is 1. The minimum atomic E-state index is -0.935. The van der Waals surface area contributed by atoms with Gasteiger partial charge in [0.05, 0.1) is 6.54 Å². The van der Waals surface area contributed by atoms with Gasteiger partial charge in [-0.3, -0.25) is 4.79 Å². The van der Waals surface area contributed by atoms with Gasteiger partial charge in [0.15, 0.2) is 5.82 Å². The number of aromatic nitrogens is 2. The highest BCUT2D eigenvalue weighted by Gasteiger charge is 2.17. The molecule has 0 saturated heterocycles. The summed E-state index contributed by atoms with van der Waals surface area (Å²) >= 11 is 3.34. The number of benzene rings is 2. The molecule has 0 radical (unpaired) electrons. The van der Waals surface area contributed by atoms with Gasteiger partial charge in [0, 0.05) is 10.0 Å². The van der Waals surface area contributed by atoms with Crippen LogP contribution in [-0.2, 0) is 6.54 Å². The van der Waals surface area contributed by atoms with Crippen molar-refractivity contribution in [2.24, 2.45) is 0 Å². The summed E-state index contributed by atoms with van der Waals surface area (Å²) in [4.78, 5) is 16.0. The molecule has 0 unspecified atom stereocenters. The molecule has 0 saturated carbocycles. The summed E-state index contributed by atoms with van der Waals surface area (Å²) in [6.07, 6.45) is 0. The van der Waals surface area contributed by atoms with Crippen molar-refractivity contribution in [2.45, 2.75) is 6.54 Å². The number of hydrogen-bond donors (Lipinski definition) is 1. The molecule has 0 aliphatic carbocycles. The summed E-state index contributed by atoms with van der Waals surface area (Å²) in [6.45, 7) is -0.121. The Labute approximate surface area is 143 Å². The standard InChI is InChI=1S/C16H10BrF2N3O2/c17-10-4-1-3-9(7-10)16-21-13(22-24-16)8-20-15(23)14-11(18)5-2-6-12(14)19/h1-7H,8H2,(H,20,23). The first kappa shape index (κ1) is 16.3. The van der Waals surface area contributed by atoms with E-state index in [0.29, 0.717) is 5.56 Å². The Morgan fingerprint density at radius 1 is 1.17 bits per heavy atom. The molecule has 1 amide bonds. The first-order valence-electron chi connectivity index (χ1n) is 6.85. The van der Waals surface area contributed by atoms with E-state index in [0.717, 1.165) is 16.6 Å². The zero-order valence-corrected chi connectivity index (χ0v) is 13.7. The number of halogens is 3. The Morgan fingerprint density at radius 2 is 1.88 bits per heavy atom.